The summed E-state index contributed by atoms with van der Waals surface area (Å²) in [5.74, 6) is 0.522. The number of benzene rings is 2. The Morgan fingerprint density at radius 2 is 1.82 bits per heavy atom. The van der Waals surface area contributed by atoms with Gasteiger partial charge in [0.2, 0.25) is 0 Å². The third kappa shape index (κ3) is 3.08. The molecule has 4 rings (SSSR count). The van der Waals surface area contributed by atoms with Crippen molar-refractivity contribution in [3.63, 3.8) is 0 Å². The summed E-state index contributed by atoms with van der Waals surface area (Å²) in [6.07, 6.45) is 3.14. The van der Waals surface area contributed by atoms with Gasteiger partial charge in [-0.3, -0.25) is 4.98 Å². The molecule has 1 unspecified atom stereocenters. The minimum atomic E-state index is -1.53. The molecule has 3 heteroatoms. The van der Waals surface area contributed by atoms with E-state index in [2.05, 4.69) is 76.8 Å². The Labute approximate surface area is 168 Å². The molecule has 0 radical (unpaired) electrons. The van der Waals surface area contributed by atoms with Crippen LogP contribution >= 0.6 is 0 Å². The van der Waals surface area contributed by atoms with Crippen molar-refractivity contribution in [3.05, 3.63) is 59.8 Å². The van der Waals surface area contributed by atoms with E-state index in [0.717, 1.165) is 28.8 Å². The van der Waals surface area contributed by atoms with Gasteiger partial charge in [0.25, 0.3) is 0 Å². The molecule has 0 amide bonds. The van der Waals surface area contributed by atoms with Crippen molar-refractivity contribution >= 4 is 35.2 Å². The van der Waals surface area contributed by atoms with E-state index in [4.69, 9.17) is 9.40 Å². The molecule has 0 saturated heterocycles. The van der Waals surface area contributed by atoms with Crippen LogP contribution in [0.1, 0.15) is 37.3 Å². The van der Waals surface area contributed by atoms with Gasteiger partial charge >= 0.3 is 0 Å². The molecule has 0 aliphatic carbocycles. The molecule has 28 heavy (non-hydrogen) atoms. The smallest absolute Gasteiger partial charge is 0.144 e. The average Bonchev–Trinajstić information content (AvgIpc) is 3.06. The highest BCUT2D eigenvalue weighted by molar-refractivity contribution is 6.90. The Hall–Kier alpha value is -2.39. The number of hydrogen-bond donors (Lipinski definition) is 0. The van der Waals surface area contributed by atoms with Crippen LogP contribution in [-0.4, -0.2) is 13.1 Å². The monoisotopic (exact) mass is 387 g/mol. The van der Waals surface area contributed by atoms with Crippen molar-refractivity contribution in [1.82, 2.24) is 4.98 Å². The Kier molecular flexibility index (Phi) is 4.66. The topological polar surface area (TPSA) is 26.0 Å². The lowest BCUT2D eigenvalue weighted by atomic mass is 9.93. The fourth-order valence-electron chi connectivity index (χ4n) is 4.09. The minimum absolute atomic E-state index is 0.522. The first kappa shape index (κ1) is 18.9. The zero-order valence-corrected chi connectivity index (χ0v) is 18.8. The largest absolute Gasteiger partial charge is 0.455 e. The van der Waals surface area contributed by atoms with Crippen molar-refractivity contribution in [2.45, 2.75) is 52.8 Å². The number of aromatic nitrogens is 1. The molecular weight excluding hydrogens is 358 g/mol. The quantitative estimate of drug-likeness (QED) is 0.352. The summed E-state index contributed by atoms with van der Waals surface area (Å²) in [5, 5.41) is 3.94. The predicted molar refractivity (Wildman–Crippen MR) is 123 cm³/mol. The number of furan rings is 1. The zero-order valence-electron chi connectivity index (χ0n) is 17.8. The molecule has 0 aliphatic heterocycles. The molecule has 144 valence electrons. The van der Waals surface area contributed by atoms with Gasteiger partial charge in [0.15, 0.2) is 0 Å². The summed E-state index contributed by atoms with van der Waals surface area (Å²) in [5.41, 5.74) is 6.68. The average molecular weight is 388 g/mol. The number of hydrogen-bond acceptors (Lipinski definition) is 2. The van der Waals surface area contributed by atoms with E-state index in [1.54, 1.807) is 0 Å². The molecule has 0 bridgehead atoms. The molecule has 0 fully saturated rings. The fourth-order valence-corrected chi connectivity index (χ4v) is 5.67. The maximum absolute atomic E-state index is 6.41. The first-order valence-electron chi connectivity index (χ1n) is 10.2. The van der Waals surface area contributed by atoms with Crippen LogP contribution in [0.4, 0.5) is 0 Å². The first-order chi connectivity index (χ1) is 13.3. The number of rotatable bonds is 4. The standard InChI is InChI=1S/C25H29NOSi/c1-7-16(2)20-14-21(26-15-17(20)3)18-12-13-23(28(4,5)6)24-19-10-8-9-11-22(19)27-25(18)24/h8-16H,7H2,1-6H3. The maximum Gasteiger partial charge on any atom is 0.144 e. The molecule has 2 nitrogen and oxygen atoms in total. The van der Waals surface area contributed by atoms with E-state index in [9.17, 15) is 0 Å². The van der Waals surface area contributed by atoms with E-state index in [-0.39, 0.29) is 0 Å². The van der Waals surface area contributed by atoms with Crippen LogP contribution < -0.4 is 5.19 Å². The van der Waals surface area contributed by atoms with Gasteiger partial charge in [0, 0.05) is 22.5 Å². The predicted octanol–water partition coefficient (Wildman–Crippen LogP) is 7.02. The van der Waals surface area contributed by atoms with Gasteiger partial charge in [0.1, 0.15) is 11.2 Å². The molecule has 1 atom stereocenters. The minimum Gasteiger partial charge on any atom is -0.455 e. The highest BCUT2D eigenvalue weighted by Crippen LogP contribution is 2.36. The van der Waals surface area contributed by atoms with Gasteiger partial charge in [0.05, 0.1) is 13.8 Å². The van der Waals surface area contributed by atoms with E-state index < -0.39 is 8.07 Å². The summed E-state index contributed by atoms with van der Waals surface area (Å²) in [6.45, 7) is 13.9. The van der Waals surface area contributed by atoms with Crippen molar-refractivity contribution in [2.24, 2.45) is 0 Å². The van der Waals surface area contributed by atoms with Gasteiger partial charge in [-0.05, 0) is 53.8 Å². The van der Waals surface area contributed by atoms with E-state index >= 15 is 0 Å². The maximum atomic E-state index is 6.41. The second-order valence-electron chi connectivity index (χ2n) is 8.95. The second-order valence-corrected chi connectivity index (χ2v) is 14.0. The number of aryl methyl sites for hydroxylation is 1. The van der Waals surface area contributed by atoms with Gasteiger partial charge in [-0.2, -0.15) is 0 Å². The van der Waals surface area contributed by atoms with E-state index in [1.165, 1.54) is 27.1 Å². The zero-order chi connectivity index (χ0) is 20.1. The highest BCUT2D eigenvalue weighted by atomic mass is 28.3. The Morgan fingerprint density at radius 1 is 1.07 bits per heavy atom. The van der Waals surface area contributed by atoms with E-state index in [1.807, 2.05) is 12.3 Å². The summed E-state index contributed by atoms with van der Waals surface area (Å²) < 4.78 is 6.41. The summed E-state index contributed by atoms with van der Waals surface area (Å²) in [6, 6.07) is 15.2. The molecule has 0 aliphatic rings. The van der Waals surface area contributed by atoms with Crippen molar-refractivity contribution in [1.29, 1.82) is 0 Å². The molecule has 2 heterocycles. The fraction of sp³-hybridized carbons (Fsp3) is 0.320. The Balaban J connectivity index is 2.05. The molecular formula is C25H29NOSi. The number of fused-ring (bicyclic) bond motifs is 3. The summed E-state index contributed by atoms with van der Waals surface area (Å²) in [4.78, 5) is 4.79. The van der Waals surface area contributed by atoms with Crippen molar-refractivity contribution in [3.8, 4) is 11.3 Å². The number of para-hydroxylation sites is 1. The molecule has 0 saturated carbocycles. The Bertz CT molecular complexity index is 1170. The first-order valence-corrected chi connectivity index (χ1v) is 13.7. The van der Waals surface area contributed by atoms with Gasteiger partial charge in [-0.15, -0.1) is 0 Å². The third-order valence-electron chi connectivity index (χ3n) is 5.90. The lowest BCUT2D eigenvalue weighted by Crippen LogP contribution is -2.37. The van der Waals surface area contributed by atoms with Crippen molar-refractivity contribution in [2.75, 3.05) is 0 Å². The molecule has 0 spiro atoms. The summed E-state index contributed by atoms with van der Waals surface area (Å²) >= 11 is 0. The number of nitrogens with zero attached hydrogens (tertiary/aromatic N) is 1. The van der Waals surface area contributed by atoms with Crippen LogP contribution in [0.15, 0.2) is 53.1 Å². The molecule has 2 aromatic heterocycles. The van der Waals surface area contributed by atoms with Crippen LogP contribution in [0.5, 0.6) is 0 Å². The highest BCUT2D eigenvalue weighted by Gasteiger charge is 2.25. The van der Waals surface area contributed by atoms with Crippen molar-refractivity contribution < 1.29 is 4.42 Å². The van der Waals surface area contributed by atoms with Gasteiger partial charge < -0.3 is 4.42 Å². The lowest BCUT2D eigenvalue weighted by molar-refractivity contribution is 0.670. The summed E-state index contributed by atoms with van der Waals surface area (Å²) in [7, 11) is -1.53. The number of pyridine rings is 1. The Morgan fingerprint density at radius 3 is 2.54 bits per heavy atom. The van der Waals surface area contributed by atoms with Crippen LogP contribution in [0, 0.1) is 6.92 Å². The van der Waals surface area contributed by atoms with E-state index in [0.29, 0.717) is 5.92 Å². The van der Waals surface area contributed by atoms with Crippen LogP contribution in [0.2, 0.25) is 19.6 Å². The van der Waals surface area contributed by atoms with Crippen LogP contribution in [0.3, 0.4) is 0 Å². The van der Waals surface area contributed by atoms with Crippen LogP contribution in [0.25, 0.3) is 33.2 Å². The normalized spacial score (nSPS) is 13.4. The molecule has 2 aromatic carbocycles. The lowest BCUT2D eigenvalue weighted by Gasteiger charge is -2.19. The molecule has 4 aromatic rings. The van der Waals surface area contributed by atoms with Gasteiger partial charge in [-0.25, -0.2) is 0 Å². The van der Waals surface area contributed by atoms with Gasteiger partial charge in [-0.1, -0.05) is 57.8 Å². The molecule has 0 N–H and O–H groups in total. The van der Waals surface area contributed by atoms with Crippen LogP contribution in [-0.2, 0) is 0 Å². The SMILES string of the molecule is CCC(C)c1cc(-c2ccc([Si](C)(C)C)c3c2oc2ccccc23)ncc1C. The third-order valence-corrected chi connectivity index (χ3v) is 7.93. The second kappa shape index (κ2) is 6.89.